The van der Waals surface area contributed by atoms with Gasteiger partial charge in [0.05, 0.1) is 5.52 Å². The van der Waals surface area contributed by atoms with Crippen molar-refractivity contribution in [1.82, 2.24) is 4.98 Å². The first-order chi connectivity index (χ1) is 10.0. The van der Waals surface area contributed by atoms with Gasteiger partial charge in [-0.05, 0) is 55.2 Å². The highest BCUT2D eigenvalue weighted by Crippen LogP contribution is 2.34. The third-order valence-corrected chi connectivity index (χ3v) is 4.46. The summed E-state index contributed by atoms with van der Waals surface area (Å²) in [5.41, 5.74) is 5.63. The molecule has 2 heteroatoms. The number of hydrogen-bond acceptors (Lipinski definition) is 2. The fourth-order valence-corrected chi connectivity index (χ4v) is 3.34. The molecule has 1 heterocycles. The fraction of sp³-hybridized carbons (Fsp3) is 0.526. The van der Waals surface area contributed by atoms with Gasteiger partial charge < -0.3 is 5.32 Å². The molecule has 1 aromatic carbocycles. The second-order valence-corrected chi connectivity index (χ2v) is 7.15. The summed E-state index contributed by atoms with van der Waals surface area (Å²) in [5.74, 6) is 1.07. The number of pyridine rings is 1. The van der Waals surface area contributed by atoms with Crippen LogP contribution in [0.1, 0.15) is 57.2 Å². The highest BCUT2D eigenvalue weighted by Gasteiger charge is 2.21. The van der Waals surface area contributed by atoms with Crippen molar-refractivity contribution in [2.45, 2.75) is 58.8 Å². The van der Waals surface area contributed by atoms with Gasteiger partial charge in [-0.3, -0.25) is 0 Å². The molecule has 0 saturated carbocycles. The van der Waals surface area contributed by atoms with Gasteiger partial charge in [0.1, 0.15) is 5.82 Å². The van der Waals surface area contributed by atoms with Crippen molar-refractivity contribution in [3.05, 3.63) is 34.9 Å². The number of nitrogens with one attached hydrogen (secondary N) is 1. The summed E-state index contributed by atoms with van der Waals surface area (Å²) in [7, 11) is 0. The van der Waals surface area contributed by atoms with Gasteiger partial charge in [-0.2, -0.15) is 0 Å². The normalized spacial score (nSPS) is 15.0. The molecule has 1 aromatic heterocycles. The topological polar surface area (TPSA) is 24.9 Å². The monoisotopic (exact) mass is 282 g/mol. The smallest absolute Gasteiger partial charge is 0.130 e. The summed E-state index contributed by atoms with van der Waals surface area (Å²) in [6, 6.07) is 6.92. The number of benzene rings is 1. The van der Waals surface area contributed by atoms with Crippen molar-refractivity contribution in [2.75, 3.05) is 11.9 Å². The van der Waals surface area contributed by atoms with Crippen LogP contribution < -0.4 is 5.32 Å². The Balaban J connectivity index is 2.25. The van der Waals surface area contributed by atoms with E-state index in [2.05, 4.69) is 51.2 Å². The summed E-state index contributed by atoms with van der Waals surface area (Å²) < 4.78 is 0. The zero-order valence-electron chi connectivity index (χ0n) is 13.7. The average Bonchev–Trinajstić information content (AvgIpc) is 2.46. The molecule has 0 fully saturated rings. The van der Waals surface area contributed by atoms with Gasteiger partial charge in [0.25, 0.3) is 0 Å². The van der Waals surface area contributed by atoms with Gasteiger partial charge in [-0.1, -0.05) is 32.9 Å². The van der Waals surface area contributed by atoms with Crippen LogP contribution in [0.2, 0.25) is 0 Å². The first-order valence-electron chi connectivity index (χ1n) is 8.20. The lowest BCUT2D eigenvalue weighted by atomic mass is 9.84. The SMILES string of the molecule is CCNc1nc2c3c(ccc2cc1C(C)(C)C)CCCC3. The fourth-order valence-electron chi connectivity index (χ4n) is 3.34. The molecule has 0 bridgehead atoms. The molecule has 0 amide bonds. The van der Waals surface area contributed by atoms with Crippen molar-refractivity contribution in [2.24, 2.45) is 0 Å². The number of hydrogen-bond donors (Lipinski definition) is 1. The number of fused-ring (bicyclic) bond motifs is 3. The van der Waals surface area contributed by atoms with E-state index < -0.39 is 0 Å². The zero-order valence-corrected chi connectivity index (χ0v) is 13.7. The molecule has 0 atom stereocenters. The van der Waals surface area contributed by atoms with Gasteiger partial charge in [0.15, 0.2) is 0 Å². The molecule has 0 unspecified atom stereocenters. The van der Waals surface area contributed by atoms with Gasteiger partial charge in [-0.25, -0.2) is 4.98 Å². The van der Waals surface area contributed by atoms with Crippen molar-refractivity contribution in [1.29, 1.82) is 0 Å². The quantitative estimate of drug-likeness (QED) is 0.852. The molecule has 2 nitrogen and oxygen atoms in total. The highest BCUT2D eigenvalue weighted by molar-refractivity contribution is 5.86. The van der Waals surface area contributed by atoms with Crippen LogP contribution in [-0.2, 0) is 18.3 Å². The Labute approximate surface area is 128 Å². The second-order valence-electron chi connectivity index (χ2n) is 7.15. The van der Waals surface area contributed by atoms with E-state index in [0.29, 0.717) is 0 Å². The lowest BCUT2D eigenvalue weighted by Gasteiger charge is -2.25. The van der Waals surface area contributed by atoms with E-state index in [4.69, 9.17) is 4.98 Å². The minimum atomic E-state index is 0.106. The van der Waals surface area contributed by atoms with Gasteiger partial charge in [-0.15, -0.1) is 0 Å². The molecule has 0 radical (unpaired) electrons. The molecule has 1 aliphatic carbocycles. The van der Waals surface area contributed by atoms with Gasteiger partial charge in [0, 0.05) is 17.5 Å². The maximum Gasteiger partial charge on any atom is 0.130 e. The van der Waals surface area contributed by atoms with E-state index >= 15 is 0 Å². The standard InChI is InChI=1S/C19H26N2/c1-5-20-18-16(19(2,3)4)12-14-11-10-13-8-6-7-9-15(13)17(14)21-18/h10-12H,5-9H2,1-4H3,(H,20,21). The maximum atomic E-state index is 5.03. The van der Waals surface area contributed by atoms with Crippen molar-refractivity contribution in [3.8, 4) is 0 Å². The minimum Gasteiger partial charge on any atom is -0.370 e. The first kappa shape index (κ1) is 14.4. The Hall–Kier alpha value is -1.57. The van der Waals surface area contributed by atoms with Crippen LogP contribution in [0.15, 0.2) is 18.2 Å². The number of rotatable bonds is 2. The third kappa shape index (κ3) is 2.64. The van der Waals surface area contributed by atoms with Gasteiger partial charge >= 0.3 is 0 Å². The summed E-state index contributed by atoms with van der Waals surface area (Å²) >= 11 is 0. The molecule has 112 valence electrons. The molecule has 1 N–H and O–H groups in total. The number of aromatic nitrogens is 1. The molecule has 0 saturated heterocycles. The summed E-state index contributed by atoms with van der Waals surface area (Å²) in [5, 5.41) is 4.76. The number of nitrogens with zero attached hydrogens (tertiary/aromatic N) is 1. The minimum absolute atomic E-state index is 0.106. The average molecular weight is 282 g/mol. The molecule has 21 heavy (non-hydrogen) atoms. The summed E-state index contributed by atoms with van der Waals surface area (Å²) in [4.78, 5) is 5.03. The Morgan fingerprint density at radius 3 is 2.62 bits per heavy atom. The molecule has 0 aliphatic heterocycles. The second kappa shape index (κ2) is 5.32. The van der Waals surface area contributed by atoms with E-state index in [9.17, 15) is 0 Å². The van der Waals surface area contributed by atoms with Crippen LogP contribution in [0.3, 0.4) is 0 Å². The Morgan fingerprint density at radius 1 is 1.14 bits per heavy atom. The molecular weight excluding hydrogens is 256 g/mol. The third-order valence-electron chi connectivity index (χ3n) is 4.46. The van der Waals surface area contributed by atoms with E-state index in [1.165, 1.54) is 53.3 Å². The Kier molecular flexibility index (Phi) is 3.64. The van der Waals surface area contributed by atoms with Gasteiger partial charge in [0.2, 0.25) is 0 Å². The van der Waals surface area contributed by atoms with E-state index in [-0.39, 0.29) is 5.41 Å². The lowest BCUT2D eigenvalue weighted by Crippen LogP contribution is -2.17. The van der Waals surface area contributed by atoms with Crippen molar-refractivity contribution in [3.63, 3.8) is 0 Å². The van der Waals surface area contributed by atoms with Crippen molar-refractivity contribution >= 4 is 16.7 Å². The van der Waals surface area contributed by atoms with Crippen molar-refractivity contribution < 1.29 is 0 Å². The van der Waals surface area contributed by atoms with Crippen LogP contribution in [0.5, 0.6) is 0 Å². The summed E-state index contributed by atoms with van der Waals surface area (Å²) in [6.45, 7) is 9.83. The summed E-state index contributed by atoms with van der Waals surface area (Å²) in [6.07, 6.45) is 5.01. The highest BCUT2D eigenvalue weighted by atomic mass is 15.0. The first-order valence-corrected chi connectivity index (χ1v) is 8.20. The van der Waals surface area contributed by atoms with E-state index in [1.807, 2.05) is 0 Å². The zero-order chi connectivity index (χ0) is 15.0. The predicted octanol–water partition coefficient (Wildman–Crippen LogP) is 4.84. The maximum absolute atomic E-state index is 5.03. The largest absolute Gasteiger partial charge is 0.370 e. The van der Waals surface area contributed by atoms with Crippen LogP contribution in [0, 0.1) is 0 Å². The van der Waals surface area contributed by atoms with E-state index in [0.717, 1.165) is 12.4 Å². The van der Waals surface area contributed by atoms with Crippen LogP contribution >= 0.6 is 0 Å². The molecule has 2 aromatic rings. The number of anilines is 1. The van der Waals surface area contributed by atoms with E-state index in [1.54, 1.807) is 0 Å². The lowest BCUT2D eigenvalue weighted by molar-refractivity contribution is 0.590. The number of aryl methyl sites for hydroxylation is 2. The Bertz CT molecular complexity index is 665. The molecule has 1 aliphatic rings. The molecule has 0 spiro atoms. The predicted molar refractivity (Wildman–Crippen MR) is 91.2 cm³/mol. The van der Waals surface area contributed by atoms with Crippen LogP contribution in [0.25, 0.3) is 10.9 Å². The van der Waals surface area contributed by atoms with Crippen LogP contribution in [-0.4, -0.2) is 11.5 Å². The Morgan fingerprint density at radius 2 is 1.90 bits per heavy atom. The van der Waals surface area contributed by atoms with Crippen LogP contribution in [0.4, 0.5) is 5.82 Å². The molecule has 3 rings (SSSR count). The molecular formula is C19H26N2.